The van der Waals surface area contributed by atoms with Crippen LogP contribution >= 0.6 is 0 Å². The van der Waals surface area contributed by atoms with Gasteiger partial charge in [-0.15, -0.1) is 0 Å². The SMILES string of the molecule is O=C(CCOc1ccccc1)NCc1ncc[nH]1. The minimum atomic E-state index is -0.0534. The van der Waals surface area contributed by atoms with Crippen LogP contribution in [0.5, 0.6) is 5.75 Å². The Hall–Kier alpha value is -2.30. The van der Waals surface area contributed by atoms with E-state index in [4.69, 9.17) is 4.74 Å². The molecular formula is C13H15N3O2. The monoisotopic (exact) mass is 245 g/mol. The molecule has 1 aromatic heterocycles. The molecule has 0 bridgehead atoms. The first-order valence-corrected chi connectivity index (χ1v) is 5.77. The predicted octanol–water partition coefficient (Wildman–Crippen LogP) is 1.49. The predicted molar refractivity (Wildman–Crippen MR) is 67.0 cm³/mol. The Balaban J connectivity index is 1.63. The van der Waals surface area contributed by atoms with E-state index in [0.29, 0.717) is 19.6 Å². The zero-order valence-corrected chi connectivity index (χ0v) is 9.93. The van der Waals surface area contributed by atoms with E-state index in [-0.39, 0.29) is 5.91 Å². The number of imidazole rings is 1. The van der Waals surface area contributed by atoms with E-state index in [9.17, 15) is 4.79 Å². The lowest BCUT2D eigenvalue weighted by atomic mass is 10.3. The molecule has 1 aromatic carbocycles. The van der Waals surface area contributed by atoms with Crippen molar-refractivity contribution in [3.05, 3.63) is 48.5 Å². The number of nitrogens with one attached hydrogen (secondary N) is 2. The number of hydrogen-bond donors (Lipinski definition) is 2. The number of hydrogen-bond acceptors (Lipinski definition) is 3. The molecule has 0 aliphatic carbocycles. The molecule has 0 aliphatic heterocycles. The molecule has 5 nitrogen and oxygen atoms in total. The number of para-hydroxylation sites is 1. The van der Waals surface area contributed by atoms with E-state index in [1.54, 1.807) is 12.4 Å². The van der Waals surface area contributed by atoms with Gasteiger partial charge in [-0.25, -0.2) is 4.98 Å². The first-order chi connectivity index (χ1) is 8.84. The molecule has 94 valence electrons. The fourth-order valence-electron chi connectivity index (χ4n) is 1.44. The van der Waals surface area contributed by atoms with Crippen molar-refractivity contribution in [3.8, 4) is 5.75 Å². The Morgan fingerprint density at radius 1 is 1.33 bits per heavy atom. The number of amides is 1. The number of H-pyrrole nitrogens is 1. The summed E-state index contributed by atoms with van der Waals surface area (Å²) < 4.78 is 5.43. The third kappa shape index (κ3) is 3.93. The molecule has 0 fully saturated rings. The smallest absolute Gasteiger partial charge is 0.223 e. The van der Waals surface area contributed by atoms with Crippen LogP contribution in [0.2, 0.25) is 0 Å². The van der Waals surface area contributed by atoms with Crippen molar-refractivity contribution in [2.45, 2.75) is 13.0 Å². The lowest BCUT2D eigenvalue weighted by molar-refractivity contribution is -0.121. The number of ether oxygens (including phenoxy) is 1. The first kappa shape index (κ1) is 12.2. The highest BCUT2D eigenvalue weighted by Gasteiger charge is 2.02. The molecule has 0 saturated carbocycles. The maximum Gasteiger partial charge on any atom is 0.223 e. The molecule has 2 N–H and O–H groups in total. The van der Waals surface area contributed by atoms with Crippen LogP contribution in [0, 0.1) is 0 Å². The van der Waals surface area contributed by atoms with Gasteiger partial charge >= 0.3 is 0 Å². The number of aromatic amines is 1. The van der Waals surface area contributed by atoms with Crippen molar-refractivity contribution in [2.24, 2.45) is 0 Å². The third-order valence-corrected chi connectivity index (χ3v) is 2.35. The second-order valence-electron chi connectivity index (χ2n) is 3.72. The maximum atomic E-state index is 11.5. The normalized spacial score (nSPS) is 10.0. The van der Waals surface area contributed by atoms with Crippen LogP contribution in [0.15, 0.2) is 42.7 Å². The van der Waals surface area contributed by atoms with Crippen molar-refractivity contribution >= 4 is 5.91 Å². The van der Waals surface area contributed by atoms with E-state index in [0.717, 1.165) is 11.6 Å². The highest BCUT2D eigenvalue weighted by Crippen LogP contribution is 2.08. The summed E-state index contributed by atoms with van der Waals surface area (Å²) in [5.41, 5.74) is 0. The maximum absolute atomic E-state index is 11.5. The largest absolute Gasteiger partial charge is 0.493 e. The van der Waals surface area contributed by atoms with Crippen molar-refractivity contribution < 1.29 is 9.53 Å². The average Bonchev–Trinajstić information content (AvgIpc) is 2.91. The summed E-state index contributed by atoms with van der Waals surface area (Å²) in [6, 6.07) is 9.43. The Bertz CT molecular complexity index is 468. The molecule has 0 saturated heterocycles. The van der Waals surface area contributed by atoms with E-state index >= 15 is 0 Å². The molecule has 0 aliphatic rings. The quantitative estimate of drug-likeness (QED) is 0.810. The molecule has 2 aromatic rings. The van der Waals surface area contributed by atoms with E-state index in [1.165, 1.54) is 0 Å². The van der Waals surface area contributed by atoms with Crippen LogP contribution in [0.3, 0.4) is 0 Å². The fraction of sp³-hybridized carbons (Fsp3) is 0.231. The molecule has 1 heterocycles. The van der Waals surface area contributed by atoms with Crippen LogP contribution in [0.25, 0.3) is 0 Å². The molecule has 5 heteroatoms. The average molecular weight is 245 g/mol. The summed E-state index contributed by atoms with van der Waals surface area (Å²) >= 11 is 0. The third-order valence-electron chi connectivity index (χ3n) is 2.35. The highest BCUT2D eigenvalue weighted by atomic mass is 16.5. The summed E-state index contributed by atoms with van der Waals surface area (Å²) in [5, 5.41) is 2.76. The number of aromatic nitrogens is 2. The van der Waals surface area contributed by atoms with Crippen molar-refractivity contribution in [1.82, 2.24) is 15.3 Å². The Kier molecular flexibility index (Phi) is 4.35. The second kappa shape index (κ2) is 6.44. The summed E-state index contributed by atoms with van der Waals surface area (Å²) in [4.78, 5) is 18.4. The van der Waals surface area contributed by atoms with Gasteiger partial charge < -0.3 is 15.0 Å². The number of carbonyl (C=O) groups is 1. The van der Waals surface area contributed by atoms with Gasteiger partial charge in [0.2, 0.25) is 5.91 Å². The lowest BCUT2D eigenvalue weighted by Crippen LogP contribution is -2.24. The van der Waals surface area contributed by atoms with Crippen LogP contribution in [0.4, 0.5) is 0 Å². The van der Waals surface area contributed by atoms with E-state index < -0.39 is 0 Å². The van der Waals surface area contributed by atoms with Gasteiger partial charge in [0.05, 0.1) is 19.6 Å². The molecule has 18 heavy (non-hydrogen) atoms. The van der Waals surface area contributed by atoms with Crippen LogP contribution in [-0.4, -0.2) is 22.5 Å². The van der Waals surface area contributed by atoms with Gasteiger partial charge in [0.25, 0.3) is 0 Å². The van der Waals surface area contributed by atoms with Crippen LogP contribution < -0.4 is 10.1 Å². The minimum Gasteiger partial charge on any atom is -0.493 e. The lowest BCUT2D eigenvalue weighted by Gasteiger charge is -2.06. The number of rotatable bonds is 6. The zero-order valence-electron chi connectivity index (χ0n) is 9.93. The molecule has 1 amide bonds. The van der Waals surface area contributed by atoms with Gasteiger partial charge in [0.1, 0.15) is 11.6 Å². The second-order valence-corrected chi connectivity index (χ2v) is 3.72. The fourth-order valence-corrected chi connectivity index (χ4v) is 1.44. The highest BCUT2D eigenvalue weighted by molar-refractivity contribution is 5.75. The van der Waals surface area contributed by atoms with E-state index in [1.807, 2.05) is 30.3 Å². The van der Waals surface area contributed by atoms with Gasteiger partial charge in [-0.3, -0.25) is 4.79 Å². The molecule has 0 atom stereocenters. The van der Waals surface area contributed by atoms with Crippen LogP contribution in [-0.2, 0) is 11.3 Å². The number of carbonyl (C=O) groups excluding carboxylic acids is 1. The van der Waals surface area contributed by atoms with Gasteiger partial charge in [0, 0.05) is 12.4 Å². The van der Waals surface area contributed by atoms with Crippen molar-refractivity contribution in [1.29, 1.82) is 0 Å². The minimum absolute atomic E-state index is 0.0534. The molecule has 2 rings (SSSR count). The summed E-state index contributed by atoms with van der Waals surface area (Å²) in [6.07, 6.45) is 3.70. The Labute approximate surface area is 105 Å². The van der Waals surface area contributed by atoms with Crippen molar-refractivity contribution in [3.63, 3.8) is 0 Å². The zero-order chi connectivity index (χ0) is 12.6. The van der Waals surface area contributed by atoms with Gasteiger partial charge in [-0.2, -0.15) is 0 Å². The Morgan fingerprint density at radius 3 is 2.89 bits per heavy atom. The molecule has 0 spiro atoms. The van der Waals surface area contributed by atoms with Gasteiger partial charge in [-0.1, -0.05) is 18.2 Å². The standard InChI is InChI=1S/C13H15N3O2/c17-13(16-10-12-14-7-8-15-12)6-9-18-11-4-2-1-3-5-11/h1-5,7-8H,6,9-10H2,(H,14,15)(H,16,17). The summed E-state index contributed by atoms with van der Waals surface area (Å²) in [5.74, 6) is 1.46. The Morgan fingerprint density at radius 2 is 2.17 bits per heavy atom. The molecule has 0 radical (unpaired) electrons. The van der Waals surface area contributed by atoms with Gasteiger partial charge in [-0.05, 0) is 12.1 Å². The number of benzene rings is 1. The topological polar surface area (TPSA) is 67.0 Å². The first-order valence-electron chi connectivity index (χ1n) is 5.77. The summed E-state index contributed by atoms with van der Waals surface area (Å²) in [7, 11) is 0. The van der Waals surface area contributed by atoms with Crippen LogP contribution in [0.1, 0.15) is 12.2 Å². The number of nitrogens with zero attached hydrogens (tertiary/aromatic N) is 1. The molecular weight excluding hydrogens is 230 g/mol. The van der Waals surface area contributed by atoms with E-state index in [2.05, 4.69) is 15.3 Å². The van der Waals surface area contributed by atoms with Crippen molar-refractivity contribution in [2.75, 3.05) is 6.61 Å². The molecule has 0 unspecified atom stereocenters. The summed E-state index contributed by atoms with van der Waals surface area (Å²) in [6.45, 7) is 0.783. The van der Waals surface area contributed by atoms with Gasteiger partial charge in [0.15, 0.2) is 0 Å².